The molecular weight excluding hydrogens is 375 g/mol. The Morgan fingerprint density at radius 2 is 1.17 bits per heavy atom. The number of aliphatic hydroxyl groups excluding tert-OH is 1. The first kappa shape index (κ1) is 32.9. The number of benzene rings is 2. The minimum absolute atomic E-state index is 0. The van der Waals surface area contributed by atoms with Crippen LogP contribution in [0.4, 0.5) is 0 Å². The molecule has 2 aromatic rings. The van der Waals surface area contributed by atoms with Crippen molar-refractivity contribution in [1.29, 1.82) is 0 Å². The first-order valence-corrected chi connectivity index (χ1v) is 9.56. The van der Waals surface area contributed by atoms with Gasteiger partial charge in [0.2, 0.25) is 0 Å². The Hall–Kier alpha value is -0.720. The molecular formula is C24H41NaO4. The van der Waals surface area contributed by atoms with Crippen LogP contribution in [0.15, 0.2) is 60.7 Å². The predicted octanol–water partition coefficient (Wildman–Crippen LogP) is 2.60. The second-order valence-electron chi connectivity index (χ2n) is 5.85. The zero-order chi connectivity index (χ0) is 20.3. The molecule has 0 aromatic heterocycles. The van der Waals surface area contributed by atoms with Crippen molar-refractivity contribution in [3.8, 4) is 0 Å². The van der Waals surface area contributed by atoms with Crippen molar-refractivity contribution in [3.63, 3.8) is 0 Å². The molecule has 29 heavy (non-hydrogen) atoms. The van der Waals surface area contributed by atoms with Crippen molar-refractivity contribution in [2.45, 2.75) is 60.5 Å². The molecule has 0 amide bonds. The average molecular weight is 417 g/mol. The van der Waals surface area contributed by atoms with E-state index in [1.807, 2.05) is 76.2 Å². The van der Waals surface area contributed by atoms with Crippen LogP contribution in [0.3, 0.4) is 0 Å². The first-order chi connectivity index (χ1) is 13.2. The number of hydrogen-bond acceptors (Lipinski definition) is 4. The van der Waals surface area contributed by atoms with Crippen molar-refractivity contribution in [2.24, 2.45) is 0 Å². The molecule has 4 nitrogen and oxygen atoms in total. The number of rotatable bonds is 9. The van der Waals surface area contributed by atoms with Gasteiger partial charge in [0.25, 0.3) is 0 Å². The fourth-order valence-corrected chi connectivity index (χ4v) is 1.96. The Labute approximate surface area is 202 Å². The summed E-state index contributed by atoms with van der Waals surface area (Å²) in [5.74, 6) is 0. The summed E-state index contributed by atoms with van der Waals surface area (Å²) >= 11 is 0. The Kier molecular flexibility index (Phi) is 26.8. The van der Waals surface area contributed by atoms with Gasteiger partial charge in [0, 0.05) is 7.11 Å². The SMILES string of the molecule is C.CC.CC(CO)OCc1ccccc1.COCC(C)OCc1ccccc1.[H-].[Na+]. The minimum Gasteiger partial charge on any atom is -1.00 e. The van der Waals surface area contributed by atoms with Gasteiger partial charge in [-0.1, -0.05) is 81.9 Å². The van der Waals surface area contributed by atoms with Crippen LogP contribution in [0.2, 0.25) is 0 Å². The molecule has 0 aliphatic carbocycles. The van der Waals surface area contributed by atoms with Gasteiger partial charge in [-0.2, -0.15) is 0 Å². The molecule has 1 N–H and O–H groups in total. The third-order valence-electron chi connectivity index (χ3n) is 3.41. The molecule has 0 spiro atoms. The Bertz CT molecular complexity index is 543. The topological polar surface area (TPSA) is 47.9 Å². The maximum absolute atomic E-state index is 8.69. The summed E-state index contributed by atoms with van der Waals surface area (Å²) in [5.41, 5.74) is 2.34. The van der Waals surface area contributed by atoms with Crippen LogP contribution in [-0.2, 0) is 27.4 Å². The molecule has 0 aliphatic heterocycles. The van der Waals surface area contributed by atoms with Gasteiger partial charge in [-0.3, -0.25) is 0 Å². The van der Waals surface area contributed by atoms with Gasteiger partial charge in [0.15, 0.2) is 0 Å². The van der Waals surface area contributed by atoms with E-state index in [1.54, 1.807) is 7.11 Å². The number of methoxy groups -OCH3 is 1. The molecule has 0 saturated carbocycles. The normalized spacial score (nSPS) is 11.2. The van der Waals surface area contributed by atoms with Crippen molar-refractivity contribution in [1.82, 2.24) is 0 Å². The first-order valence-electron chi connectivity index (χ1n) is 9.56. The molecule has 5 heteroatoms. The van der Waals surface area contributed by atoms with E-state index in [0.29, 0.717) is 19.8 Å². The molecule has 2 rings (SSSR count). The maximum Gasteiger partial charge on any atom is 1.00 e. The number of aliphatic hydroxyl groups is 1. The maximum atomic E-state index is 8.69. The number of ether oxygens (including phenoxy) is 3. The van der Waals surface area contributed by atoms with E-state index in [4.69, 9.17) is 19.3 Å². The van der Waals surface area contributed by atoms with E-state index in [0.717, 1.165) is 5.56 Å². The molecule has 2 atom stereocenters. The van der Waals surface area contributed by atoms with Crippen molar-refractivity contribution >= 4 is 0 Å². The van der Waals surface area contributed by atoms with Gasteiger partial charge in [-0.25, -0.2) is 0 Å². The monoisotopic (exact) mass is 416 g/mol. The largest absolute Gasteiger partial charge is 1.00 e. The standard InChI is InChI=1S/C11H16O2.C10H14O2.C2H6.CH4.Na.H/c1-10(8-12-2)13-9-11-6-4-3-5-7-11;1-9(7-11)12-8-10-5-3-2-4-6-10;1-2;;;/h3-7,10H,8-9H2,1-2H3;2-6,9,11H,7-8H2,1H3;1-2H3;1H4;;/q;;;;+1;-1. The fraction of sp³-hybridized carbons (Fsp3) is 0.500. The Morgan fingerprint density at radius 3 is 1.52 bits per heavy atom. The smallest absolute Gasteiger partial charge is 1.00 e. The molecule has 0 bridgehead atoms. The molecule has 0 aliphatic rings. The summed E-state index contributed by atoms with van der Waals surface area (Å²) in [7, 11) is 1.68. The van der Waals surface area contributed by atoms with Gasteiger partial charge in [-0.15, -0.1) is 0 Å². The second kappa shape index (κ2) is 23.6. The third-order valence-corrected chi connectivity index (χ3v) is 3.41. The van der Waals surface area contributed by atoms with Crippen LogP contribution in [0.1, 0.15) is 47.7 Å². The van der Waals surface area contributed by atoms with Crippen molar-refractivity contribution < 1.29 is 50.3 Å². The summed E-state index contributed by atoms with van der Waals surface area (Å²) < 4.78 is 15.8. The Morgan fingerprint density at radius 1 is 0.793 bits per heavy atom. The molecule has 162 valence electrons. The summed E-state index contributed by atoms with van der Waals surface area (Å²) in [6, 6.07) is 20.1. The van der Waals surface area contributed by atoms with Gasteiger partial charge >= 0.3 is 29.6 Å². The van der Waals surface area contributed by atoms with Crippen LogP contribution >= 0.6 is 0 Å². The van der Waals surface area contributed by atoms with E-state index in [2.05, 4.69) is 12.1 Å². The fourth-order valence-electron chi connectivity index (χ4n) is 1.96. The second-order valence-corrected chi connectivity index (χ2v) is 5.85. The van der Waals surface area contributed by atoms with E-state index in [9.17, 15) is 0 Å². The van der Waals surface area contributed by atoms with Crippen LogP contribution < -0.4 is 29.6 Å². The predicted molar refractivity (Wildman–Crippen MR) is 120 cm³/mol. The summed E-state index contributed by atoms with van der Waals surface area (Å²) in [6.07, 6.45) is 0.0791. The minimum atomic E-state index is -0.0785. The summed E-state index contributed by atoms with van der Waals surface area (Å²) in [5, 5.41) is 8.69. The third kappa shape index (κ3) is 19.0. The molecule has 0 radical (unpaired) electrons. The molecule has 0 heterocycles. The van der Waals surface area contributed by atoms with Crippen molar-refractivity contribution in [2.75, 3.05) is 20.3 Å². The van der Waals surface area contributed by atoms with E-state index in [1.165, 1.54) is 5.56 Å². The molecule has 0 fully saturated rings. The van der Waals surface area contributed by atoms with Gasteiger partial charge in [0.05, 0.1) is 38.6 Å². The summed E-state index contributed by atoms with van der Waals surface area (Å²) in [6.45, 7) is 9.81. The average Bonchev–Trinajstić information content (AvgIpc) is 2.74. The van der Waals surface area contributed by atoms with Crippen LogP contribution in [0, 0.1) is 0 Å². The van der Waals surface area contributed by atoms with Gasteiger partial charge in [0.1, 0.15) is 0 Å². The molecule has 2 aromatic carbocycles. The Balaban J connectivity index is -0.000000191. The molecule has 2 unspecified atom stereocenters. The van der Waals surface area contributed by atoms with Crippen molar-refractivity contribution in [3.05, 3.63) is 71.8 Å². The summed E-state index contributed by atoms with van der Waals surface area (Å²) in [4.78, 5) is 0. The van der Waals surface area contributed by atoms with E-state index in [-0.39, 0.29) is 57.2 Å². The molecule has 0 saturated heterocycles. The van der Waals surface area contributed by atoms with E-state index >= 15 is 0 Å². The quantitative estimate of drug-likeness (QED) is 0.639. The van der Waals surface area contributed by atoms with Crippen LogP contribution in [0.25, 0.3) is 0 Å². The van der Waals surface area contributed by atoms with Gasteiger partial charge in [-0.05, 0) is 25.0 Å². The zero-order valence-electron chi connectivity index (χ0n) is 19.4. The van der Waals surface area contributed by atoms with Crippen LogP contribution in [0.5, 0.6) is 0 Å². The van der Waals surface area contributed by atoms with Crippen LogP contribution in [-0.4, -0.2) is 37.6 Å². The number of hydrogen-bond donors (Lipinski definition) is 1. The van der Waals surface area contributed by atoms with E-state index < -0.39 is 0 Å². The van der Waals surface area contributed by atoms with Gasteiger partial charge < -0.3 is 20.7 Å². The zero-order valence-corrected chi connectivity index (χ0v) is 20.4.